The molecule has 5 heteroatoms. The van der Waals surface area contributed by atoms with Crippen LogP contribution in [0.15, 0.2) is 18.5 Å². The van der Waals surface area contributed by atoms with E-state index in [1.54, 1.807) is 19.3 Å². The molecule has 2 heterocycles. The lowest BCUT2D eigenvalue weighted by Gasteiger charge is -2.36. The van der Waals surface area contributed by atoms with Crippen molar-refractivity contribution in [2.45, 2.75) is 39.3 Å². The third kappa shape index (κ3) is 2.08. The van der Waals surface area contributed by atoms with Crippen molar-refractivity contribution < 1.29 is 9.59 Å². The average molecular weight is 247 g/mol. The highest BCUT2D eigenvalue weighted by Crippen LogP contribution is 2.22. The maximum atomic E-state index is 12.3. The summed E-state index contributed by atoms with van der Waals surface area (Å²) in [5, 5.41) is 2.73. The second kappa shape index (κ2) is 4.76. The fourth-order valence-corrected chi connectivity index (χ4v) is 2.13. The van der Waals surface area contributed by atoms with Gasteiger partial charge in [0.15, 0.2) is 0 Å². The average Bonchev–Trinajstić information content (AvgIpc) is 2.34. The van der Waals surface area contributed by atoms with Crippen LogP contribution in [0, 0.1) is 6.92 Å². The lowest BCUT2D eigenvalue weighted by atomic mass is 10.1. The lowest BCUT2D eigenvalue weighted by Crippen LogP contribution is -2.62. The Labute approximate surface area is 106 Å². The molecule has 0 aliphatic carbocycles. The number of anilines is 1. The molecule has 1 fully saturated rings. The maximum absolute atomic E-state index is 12.3. The molecule has 0 aromatic carbocycles. The molecule has 1 aliphatic rings. The Morgan fingerprint density at radius 2 is 2.11 bits per heavy atom. The van der Waals surface area contributed by atoms with Crippen LogP contribution in [-0.2, 0) is 9.59 Å². The van der Waals surface area contributed by atoms with Crippen molar-refractivity contribution in [2.24, 2.45) is 0 Å². The van der Waals surface area contributed by atoms with Crippen molar-refractivity contribution >= 4 is 17.5 Å². The molecular formula is C13H17N3O2. The minimum Gasteiger partial charge on any atom is -0.343 e. The fourth-order valence-electron chi connectivity index (χ4n) is 2.13. The molecule has 2 amide bonds. The van der Waals surface area contributed by atoms with Crippen LogP contribution < -0.4 is 10.2 Å². The highest BCUT2D eigenvalue weighted by Gasteiger charge is 2.38. The number of pyridine rings is 1. The second-order valence-corrected chi connectivity index (χ2v) is 4.57. The first kappa shape index (κ1) is 12.5. The standard InChI is InChI=1S/C13H17N3O2/c1-4-11-13(18)16(9(3)12(17)15-11)10-5-8(2)6-14-7-10/h5-7,9,11H,4H2,1-3H3,(H,15,17). The van der Waals surface area contributed by atoms with E-state index < -0.39 is 12.1 Å². The minimum atomic E-state index is -0.496. The normalized spacial score (nSPS) is 24.1. The van der Waals surface area contributed by atoms with Crippen molar-refractivity contribution in [3.8, 4) is 0 Å². The zero-order valence-electron chi connectivity index (χ0n) is 10.8. The summed E-state index contributed by atoms with van der Waals surface area (Å²) in [5.74, 6) is -0.194. The number of aryl methyl sites for hydroxylation is 1. The van der Waals surface area contributed by atoms with Crippen molar-refractivity contribution in [1.29, 1.82) is 0 Å². The highest BCUT2D eigenvalue weighted by atomic mass is 16.2. The van der Waals surface area contributed by atoms with Gasteiger partial charge in [-0.2, -0.15) is 0 Å². The molecular weight excluding hydrogens is 230 g/mol. The molecule has 0 spiro atoms. The molecule has 96 valence electrons. The second-order valence-electron chi connectivity index (χ2n) is 4.57. The number of carbonyl (C=O) groups excluding carboxylic acids is 2. The van der Waals surface area contributed by atoms with Crippen LogP contribution in [-0.4, -0.2) is 28.9 Å². The number of hydrogen-bond donors (Lipinski definition) is 1. The van der Waals surface area contributed by atoms with E-state index in [9.17, 15) is 9.59 Å². The Hall–Kier alpha value is -1.91. The molecule has 2 atom stereocenters. The van der Waals surface area contributed by atoms with Crippen molar-refractivity contribution in [3.05, 3.63) is 24.0 Å². The number of carbonyl (C=O) groups is 2. The number of aromatic nitrogens is 1. The predicted octanol–water partition coefficient (Wildman–Crippen LogP) is 1.02. The highest BCUT2D eigenvalue weighted by molar-refractivity contribution is 6.08. The summed E-state index contributed by atoms with van der Waals surface area (Å²) >= 11 is 0. The van der Waals surface area contributed by atoms with Gasteiger partial charge < -0.3 is 5.32 Å². The van der Waals surface area contributed by atoms with E-state index in [4.69, 9.17) is 0 Å². The number of hydrogen-bond acceptors (Lipinski definition) is 3. The Morgan fingerprint density at radius 3 is 2.72 bits per heavy atom. The van der Waals surface area contributed by atoms with E-state index in [2.05, 4.69) is 10.3 Å². The summed E-state index contributed by atoms with van der Waals surface area (Å²) in [5.41, 5.74) is 1.65. The third-order valence-electron chi connectivity index (χ3n) is 3.17. The van der Waals surface area contributed by atoms with E-state index in [-0.39, 0.29) is 11.8 Å². The summed E-state index contributed by atoms with van der Waals surface area (Å²) in [7, 11) is 0. The first-order chi connectivity index (χ1) is 8.54. The van der Waals surface area contributed by atoms with E-state index in [1.165, 1.54) is 4.90 Å². The predicted molar refractivity (Wildman–Crippen MR) is 68.1 cm³/mol. The van der Waals surface area contributed by atoms with Gasteiger partial charge in [0.2, 0.25) is 11.8 Å². The van der Waals surface area contributed by atoms with Crippen molar-refractivity contribution in [1.82, 2.24) is 10.3 Å². The van der Waals surface area contributed by atoms with Gasteiger partial charge in [-0.1, -0.05) is 6.92 Å². The minimum absolute atomic E-state index is 0.0722. The van der Waals surface area contributed by atoms with E-state index in [0.29, 0.717) is 12.1 Å². The number of nitrogens with one attached hydrogen (secondary N) is 1. The molecule has 2 rings (SSSR count). The fraction of sp³-hybridized carbons (Fsp3) is 0.462. The molecule has 0 radical (unpaired) electrons. The largest absolute Gasteiger partial charge is 0.343 e. The van der Waals surface area contributed by atoms with Gasteiger partial charge in [0, 0.05) is 6.20 Å². The Kier molecular flexibility index (Phi) is 3.32. The quantitative estimate of drug-likeness (QED) is 0.848. The molecule has 18 heavy (non-hydrogen) atoms. The van der Waals surface area contributed by atoms with Crippen LogP contribution in [0.3, 0.4) is 0 Å². The first-order valence-corrected chi connectivity index (χ1v) is 6.09. The molecule has 1 saturated heterocycles. The number of nitrogens with zero attached hydrogens (tertiary/aromatic N) is 2. The van der Waals surface area contributed by atoms with Gasteiger partial charge in [0.05, 0.1) is 11.9 Å². The Morgan fingerprint density at radius 1 is 1.39 bits per heavy atom. The zero-order chi connectivity index (χ0) is 13.3. The molecule has 1 aromatic rings. The Bertz CT molecular complexity index is 487. The van der Waals surface area contributed by atoms with Crippen LogP contribution in [0.25, 0.3) is 0 Å². The smallest absolute Gasteiger partial charge is 0.250 e. The molecule has 0 bridgehead atoms. The van der Waals surface area contributed by atoms with Gasteiger partial charge in [-0.3, -0.25) is 19.5 Å². The van der Waals surface area contributed by atoms with Gasteiger partial charge in [-0.15, -0.1) is 0 Å². The maximum Gasteiger partial charge on any atom is 0.250 e. The van der Waals surface area contributed by atoms with Gasteiger partial charge in [-0.25, -0.2) is 0 Å². The summed E-state index contributed by atoms with van der Waals surface area (Å²) in [6.07, 6.45) is 3.93. The van der Waals surface area contributed by atoms with Crippen molar-refractivity contribution in [3.63, 3.8) is 0 Å². The summed E-state index contributed by atoms with van der Waals surface area (Å²) in [6.45, 7) is 5.51. The van der Waals surface area contributed by atoms with Gasteiger partial charge >= 0.3 is 0 Å². The van der Waals surface area contributed by atoms with Crippen LogP contribution in [0.5, 0.6) is 0 Å². The first-order valence-electron chi connectivity index (χ1n) is 6.09. The van der Waals surface area contributed by atoms with Gasteiger partial charge in [0.1, 0.15) is 12.1 Å². The lowest BCUT2D eigenvalue weighted by molar-refractivity contribution is -0.133. The van der Waals surface area contributed by atoms with Crippen LogP contribution >= 0.6 is 0 Å². The molecule has 0 saturated carbocycles. The molecule has 5 nitrogen and oxygen atoms in total. The van der Waals surface area contributed by atoms with E-state index in [1.807, 2.05) is 19.9 Å². The Balaban J connectivity index is 2.39. The number of piperazine rings is 1. The van der Waals surface area contributed by atoms with Crippen molar-refractivity contribution in [2.75, 3.05) is 4.90 Å². The number of rotatable bonds is 2. The monoisotopic (exact) mass is 247 g/mol. The summed E-state index contributed by atoms with van der Waals surface area (Å²) in [4.78, 5) is 29.8. The third-order valence-corrected chi connectivity index (χ3v) is 3.17. The van der Waals surface area contributed by atoms with E-state index >= 15 is 0 Å². The molecule has 1 aromatic heterocycles. The van der Waals surface area contributed by atoms with Gasteiger partial charge in [0.25, 0.3) is 0 Å². The van der Waals surface area contributed by atoms with Gasteiger partial charge in [-0.05, 0) is 31.9 Å². The summed E-state index contributed by atoms with van der Waals surface area (Å²) < 4.78 is 0. The SMILES string of the molecule is CCC1NC(=O)C(C)N(c2cncc(C)c2)C1=O. The molecule has 2 unspecified atom stereocenters. The molecule has 1 aliphatic heterocycles. The van der Waals surface area contributed by atoms with Crippen LogP contribution in [0.2, 0.25) is 0 Å². The van der Waals surface area contributed by atoms with Crippen LogP contribution in [0.4, 0.5) is 5.69 Å². The van der Waals surface area contributed by atoms with E-state index in [0.717, 1.165) is 5.56 Å². The summed E-state index contributed by atoms with van der Waals surface area (Å²) in [6, 6.07) is 0.935. The number of amides is 2. The zero-order valence-corrected chi connectivity index (χ0v) is 10.8. The molecule has 1 N–H and O–H groups in total. The van der Waals surface area contributed by atoms with Crippen LogP contribution in [0.1, 0.15) is 25.8 Å². The topological polar surface area (TPSA) is 62.3 Å².